The van der Waals surface area contributed by atoms with E-state index in [2.05, 4.69) is 5.32 Å². The van der Waals surface area contributed by atoms with E-state index in [0.29, 0.717) is 23.0 Å². The molecule has 4 rings (SSSR count). The largest absolute Gasteiger partial charge is 0.454 e. The summed E-state index contributed by atoms with van der Waals surface area (Å²) >= 11 is 0. The molecule has 1 amide bonds. The second-order valence-corrected chi connectivity index (χ2v) is 7.28. The Labute approximate surface area is 158 Å². The molecule has 0 saturated heterocycles. The Morgan fingerprint density at radius 2 is 1.93 bits per heavy atom. The van der Waals surface area contributed by atoms with Gasteiger partial charge in [0.15, 0.2) is 11.5 Å². The van der Waals surface area contributed by atoms with Crippen LogP contribution in [0.5, 0.6) is 11.5 Å². The van der Waals surface area contributed by atoms with Crippen molar-refractivity contribution < 1.29 is 19.1 Å². The second kappa shape index (κ2) is 7.43. The molecule has 2 aromatic carbocycles. The van der Waals surface area contributed by atoms with Crippen LogP contribution in [0.1, 0.15) is 43.2 Å². The molecule has 1 aliphatic heterocycles. The quantitative estimate of drug-likeness (QED) is 0.867. The maximum absolute atomic E-state index is 12.6. The molecular formula is C22H23NO4. The highest BCUT2D eigenvalue weighted by Gasteiger charge is 2.24. The normalized spacial score (nSPS) is 19.1. The van der Waals surface area contributed by atoms with Crippen LogP contribution < -0.4 is 14.8 Å². The summed E-state index contributed by atoms with van der Waals surface area (Å²) in [4.78, 5) is 24.4. The topological polar surface area (TPSA) is 64.6 Å². The summed E-state index contributed by atoms with van der Waals surface area (Å²) in [5.41, 5.74) is 2.80. The summed E-state index contributed by atoms with van der Waals surface area (Å²) in [6.07, 6.45) is 3.53. The molecule has 1 saturated carbocycles. The fraction of sp³-hybridized carbons (Fsp3) is 0.364. The van der Waals surface area contributed by atoms with Crippen molar-refractivity contribution in [2.45, 2.75) is 38.5 Å². The van der Waals surface area contributed by atoms with Gasteiger partial charge >= 0.3 is 0 Å². The van der Waals surface area contributed by atoms with E-state index >= 15 is 0 Å². The van der Waals surface area contributed by atoms with Crippen LogP contribution in [0.2, 0.25) is 0 Å². The Morgan fingerprint density at radius 1 is 1.15 bits per heavy atom. The summed E-state index contributed by atoms with van der Waals surface area (Å²) in [7, 11) is 0. The molecule has 5 nitrogen and oxygen atoms in total. The second-order valence-electron chi connectivity index (χ2n) is 7.28. The van der Waals surface area contributed by atoms with E-state index in [4.69, 9.17) is 9.47 Å². The Balaban J connectivity index is 1.39. The minimum atomic E-state index is -0.280. The summed E-state index contributed by atoms with van der Waals surface area (Å²) in [6, 6.07) is 13.4. The zero-order chi connectivity index (χ0) is 18.8. The average molecular weight is 365 g/mol. The standard InChI is InChI=1S/C22H23NO4/c1-14(22(25)23-18-9-10-20-21(12-18)27-13-26-20)16-7-5-15(6-8-16)11-17-3-2-4-19(17)24/h5-10,12,14,17H,2-4,11,13H2,1H3,(H,23,25). The first-order valence-corrected chi connectivity index (χ1v) is 9.42. The molecule has 5 heteroatoms. The molecule has 140 valence electrons. The van der Waals surface area contributed by atoms with Crippen molar-refractivity contribution in [3.8, 4) is 11.5 Å². The number of rotatable bonds is 5. The number of anilines is 1. The van der Waals surface area contributed by atoms with Gasteiger partial charge in [0.1, 0.15) is 5.78 Å². The van der Waals surface area contributed by atoms with Gasteiger partial charge in [-0.15, -0.1) is 0 Å². The number of amides is 1. The lowest BCUT2D eigenvalue weighted by atomic mass is 9.94. The van der Waals surface area contributed by atoms with Gasteiger partial charge in [0.2, 0.25) is 12.7 Å². The predicted octanol–water partition coefficient (Wildman–Crippen LogP) is 4.07. The minimum Gasteiger partial charge on any atom is -0.454 e. The fourth-order valence-corrected chi connectivity index (χ4v) is 3.71. The molecule has 2 aromatic rings. The third-order valence-corrected chi connectivity index (χ3v) is 5.43. The van der Waals surface area contributed by atoms with Crippen LogP contribution in [0.4, 0.5) is 5.69 Å². The summed E-state index contributed by atoms with van der Waals surface area (Å²) in [5, 5.41) is 2.93. The fourth-order valence-electron chi connectivity index (χ4n) is 3.71. The Bertz CT molecular complexity index is 859. The van der Waals surface area contributed by atoms with Gasteiger partial charge in [0.25, 0.3) is 0 Å². The highest BCUT2D eigenvalue weighted by atomic mass is 16.7. The molecule has 1 heterocycles. The lowest BCUT2D eigenvalue weighted by Crippen LogP contribution is -2.19. The maximum atomic E-state index is 12.6. The molecule has 0 spiro atoms. The lowest BCUT2D eigenvalue weighted by molar-refractivity contribution is -0.120. The zero-order valence-electron chi connectivity index (χ0n) is 15.4. The van der Waals surface area contributed by atoms with Gasteiger partial charge in [-0.3, -0.25) is 9.59 Å². The first-order valence-electron chi connectivity index (χ1n) is 9.42. The number of benzene rings is 2. The van der Waals surface area contributed by atoms with E-state index in [-0.39, 0.29) is 24.5 Å². The van der Waals surface area contributed by atoms with E-state index in [0.717, 1.165) is 36.8 Å². The number of ketones is 1. The smallest absolute Gasteiger partial charge is 0.231 e. The first kappa shape index (κ1) is 17.6. The molecule has 2 unspecified atom stereocenters. The van der Waals surface area contributed by atoms with Crippen LogP contribution in [0, 0.1) is 5.92 Å². The van der Waals surface area contributed by atoms with Crippen LogP contribution in [0.25, 0.3) is 0 Å². The molecule has 2 atom stereocenters. The van der Waals surface area contributed by atoms with Gasteiger partial charge in [-0.1, -0.05) is 24.3 Å². The summed E-state index contributed by atoms with van der Waals surface area (Å²) in [6.45, 7) is 2.10. The molecule has 27 heavy (non-hydrogen) atoms. The predicted molar refractivity (Wildman–Crippen MR) is 102 cm³/mol. The number of hydrogen-bond acceptors (Lipinski definition) is 4. The van der Waals surface area contributed by atoms with Gasteiger partial charge in [-0.05, 0) is 49.4 Å². The van der Waals surface area contributed by atoms with Crippen molar-refractivity contribution in [3.05, 3.63) is 53.6 Å². The van der Waals surface area contributed by atoms with Crippen molar-refractivity contribution in [2.75, 3.05) is 12.1 Å². The monoisotopic (exact) mass is 365 g/mol. The number of Topliss-reactive ketones (excluding diaryl/α,β-unsaturated/α-hetero) is 1. The number of carbonyl (C=O) groups is 2. The Hall–Kier alpha value is -2.82. The van der Waals surface area contributed by atoms with Gasteiger partial charge < -0.3 is 14.8 Å². The van der Waals surface area contributed by atoms with Gasteiger partial charge in [-0.2, -0.15) is 0 Å². The molecule has 2 aliphatic rings. The first-order chi connectivity index (χ1) is 13.1. The van der Waals surface area contributed by atoms with Crippen molar-refractivity contribution in [1.82, 2.24) is 0 Å². The van der Waals surface area contributed by atoms with Crippen molar-refractivity contribution >= 4 is 17.4 Å². The van der Waals surface area contributed by atoms with E-state index in [9.17, 15) is 9.59 Å². The number of fused-ring (bicyclic) bond motifs is 1. The van der Waals surface area contributed by atoms with Crippen LogP contribution in [-0.2, 0) is 16.0 Å². The zero-order valence-corrected chi connectivity index (χ0v) is 15.4. The Morgan fingerprint density at radius 3 is 2.67 bits per heavy atom. The molecular weight excluding hydrogens is 342 g/mol. The molecule has 1 N–H and O–H groups in total. The summed E-state index contributed by atoms with van der Waals surface area (Å²) < 4.78 is 10.6. The molecule has 0 aromatic heterocycles. The highest BCUT2D eigenvalue weighted by Crippen LogP contribution is 2.34. The lowest BCUT2D eigenvalue weighted by Gasteiger charge is -2.14. The van der Waals surface area contributed by atoms with Crippen LogP contribution in [0.15, 0.2) is 42.5 Å². The number of carbonyl (C=O) groups excluding carboxylic acids is 2. The summed E-state index contributed by atoms with van der Waals surface area (Å²) in [5.74, 6) is 1.53. The highest BCUT2D eigenvalue weighted by molar-refractivity contribution is 5.95. The van der Waals surface area contributed by atoms with Crippen molar-refractivity contribution in [3.63, 3.8) is 0 Å². The van der Waals surface area contributed by atoms with Gasteiger partial charge in [0, 0.05) is 24.1 Å². The maximum Gasteiger partial charge on any atom is 0.231 e. The van der Waals surface area contributed by atoms with E-state index in [1.165, 1.54) is 0 Å². The van der Waals surface area contributed by atoms with Crippen LogP contribution >= 0.6 is 0 Å². The van der Waals surface area contributed by atoms with E-state index < -0.39 is 0 Å². The number of nitrogens with one attached hydrogen (secondary N) is 1. The van der Waals surface area contributed by atoms with Crippen molar-refractivity contribution in [1.29, 1.82) is 0 Å². The molecule has 1 fully saturated rings. The number of ether oxygens (including phenoxy) is 2. The van der Waals surface area contributed by atoms with Crippen LogP contribution in [-0.4, -0.2) is 18.5 Å². The molecule has 0 bridgehead atoms. The molecule has 1 aliphatic carbocycles. The third-order valence-electron chi connectivity index (χ3n) is 5.43. The number of hydrogen-bond donors (Lipinski definition) is 1. The average Bonchev–Trinajstić information content (AvgIpc) is 3.30. The van der Waals surface area contributed by atoms with E-state index in [1.54, 1.807) is 18.2 Å². The Kier molecular flexibility index (Phi) is 4.84. The van der Waals surface area contributed by atoms with Crippen LogP contribution in [0.3, 0.4) is 0 Å². The minimum absolute atomic E-state index is 0.0763. The van der Waals surface area contributed by atoms with Gasteiger partial charge in [-0.25, -0.2) is 0 Å². The molecule has 0 radical (unpaired) electrons. The van der Waals surface area contributed by atoms with Gasteiger partial charge in [0.05, 0.1) is 5.92 Å². The van der Waals surface area contributed by atoms with Crippen molar-refractivity contribution in [2.24, 2.45) is 5.92 Å². The third kappa shape index (κ3) is 3.82. The van der Waals surface area contributed by atoms with E-state index in [1.807, 2.05) is 31.2 Å². The SMILES string of the molecule is CC(C(=O)Nc1ccc2c(c1)OCO2)c1ccc(CC2CCCC2=O)cc1.